The molecule has 0 heterocycles. The minimum absolute atomic E-state index is 0.358. The Morgan fingerprint density at radius 2 is 1.81 bits per heavy atom. The number of hydroxylamine groups is 1. The molecule has 0 saturated carbocycles. The molecule has 1 N–H and O–H groups in total. The molecule has 0 spiro atoms. The summed E-state index contributed by atoms with van der Waals surface area (Å²) in [6.07, 6.45) is 2.82. The van der Waals surface area contributed by atoms with Crippen molar-refractivity contribution >= 4 is 29.6 Å². The molecule has 0 atom stereocenters. The highest BCUT2D eigenvalue weighted by atomic mass is 35.5. The summed E-state index contributed by atoms with van der Waals surface area (Å²) in [4.78, 5) is 27.8. The van der Waals surface area contributed by atoms with Crippen molar-refractivity contribution in [3.8, 4) is 0 Å². The van der Waals surface area contributed by atoms with Crippen molar-refractivity contribution in [2.75, 3.05) is 0 Å². The molecule has 0 aliphatic rings. The third-order valence-electron chi connectivity index (χ3n) is 2.53. The highest BCUT2D eigenvalue weighted by Gasteiger charge is 2.07. The monoisotopic (exact) mass is 301 g/mol. The Labute approximate surface area is 127 Å². The van der Waals surface area contributed by atoms with E-state index in [2.05, 4.69) is 10.3 Å². The van der Waals surface area contributed by atoms with E-state index < -0.39 is 11.9 Å². The molecular weight excluding hydrogens is 290 g/mol. The lowest BCUT2D eigenvalue weighted by atomic mass is 10.2. The maximum atomic E-state index is 11.6. The minimum atomic E-state index is -0.625. The second-order valence-corrected chi connectivity index (χ2v) is 4.55. The van der Waals surface area contributed by atoms with Crippen molar-refractivity contribution in [1.82, 2.24) is 5.48 Å². The van der Waals surface area contributed by atoms with E-state index >= 15 is 0 Å². The lowest BCUT2D eigenvalue weighted by Crippen LogP contribution is -2.25. The molecule has 0 bridgehead atoms. The predicted molar refractivity (Wildman–Crippen MR) is 80.5 cm³/mol. The Morgan fingerprint density at radius 1 is 1.05 bits per heavy atom. The molecule has 2 rings (SSSR count). The van der Waals surface area contributed by atoms with E-state index in [-0.39, 0.29) is 0 Å². The van der Waals surface area contributed by atoms with Gasteiger partial charge in [-0.05, 0) is 35.9 Å². The quantitative estimate of drug-likeness (QED) is 0.699. The first-order valence-corrected chi connectivity index (χ1v) is 6.53. The zero-order valence-electron chi connectivity index (χ0n) is 11.0. The van der Waals surface area contributed by atoms with Crippen molar-refractivity contribution in [3.63, 3.8) is 0 Å². The highest BCUT2D eigenvalue weighted by molar-refractivity contribution is 6.30. The van der Waals surface area contributed by atoms with Crippen LogP contribution in [-0.4, -0.2) is 11.9 Å². The summed E-state index contributed by atoms with van der Waals surface area (Å²) in [7, 11) is 0. The molecular formula is C16H12ClNO3. The molecule has 2 aromatic rings. The number of carbonyl (C=O) groups excluding carboxylic acids is 2. The molecule has 0 aliphatic carbocycles. The Kier molecular flexibility index (Phi) is 5.12. The van der Waals surface area contributed by atoms with Crippen LogP contribution in [-0.2, 0) is 9.63 Å². The fraction of sp³-hybridized carbons (Fsp3) is 0. The van der Waals surface area contributed by atoms with E-state index in [0.29, 0.717) is 10.6 Å². The molecule has 0 radical (unpaired) electrons. The topological polar surface area (TPSA) is 55.4 Å². The number of benzene rings is 2. The molecule has 21 heavy (non-hydrogen) atoms. The molecule has 0 saturated heterocycles. The van der Waals surface area contributed by atoms with Crippen LogP contribution < -0.4 is 5.48 Å². The minimum Gasteiger partial charge on any atom is -0.335 e. The number of hydrogen-bond acceptors (Lipinski definition) is 3. The summed E-state index contributed by atoms with van der Waals surface area (Å²) >= 11 is 5.83. The van der Waals surface area contributed by atoms with E-state index in [1.807, 2.05) is 0 Å². The number of halogens is 1. The molecule has 0 aliphatic heterocycles. The standard InChI is InChI=1S/C16H12ClNO3/c17-14-8-4-5-12(11-14)9-10-15(19)18-21-16(20)13-6-2-1-3-7-13/h1-11H,(H,18,19). The summed E-state index contributed by atoms with van der Waals surface area (Å²) < 4.78 is 0. The van der Waals surface area contributed by atoms with E-state index in [4.69, 9.17) is 11.6 Å². The SMILES string of the molecule is O=C(C=Cc1cccc(Cl)c1)NOC(=O)c1ccccc1. The fourth-order valence-corrected chi connectivity index (χ4v) is 1.74. The van der Waals surface area contributed by atoms with Gasteiger partial charge < -0.3 is 4.84 Å². The smallest absolute Gasteiger partial charge is 0.335 e. The summed E-state index contributed by atoms with van der Waals surface area (Å²) in [5.74, 6) is -1.17. The Bertz CT molecular complexity index is 668. The van der Waals surface area contributed by atoms with Crippen LogP contribution in [0.3, 0.4) is 0 Å². The van der Waals surface area contributed by atoms with Gasteiger partial charge in [0.15, 0.2) is 0 Å². The van der Waals surface area contributed by atoms with Crippen molar-refractivity contribution in [2.45, 2.75) is 0 Å². The zero-order valence-corrected chi connectivity index (χ0v) is 11.7. The summed E-state index contributed by atoms with van der Waals surface area (Å²) in [6, 6.07) is 15.4. The van der Waals surface area contributed by atoms with Crippen LogP contribution in [0, 0.1) is 0 Å². The molecule has 0 unspecified atom stereocenters. The summed E-state index contributed by atoms with van der Waals surface area (Å²) in [5.41, 5.74) is 3.19. The molecule has 106 valence electrons. The van der Waals surface area contributed by atoms with Crippen molar-refractivity contribution in [3.05, 3.63) is 76.8 Å². The van der Waals surface area contributed by atoms with Crippen molar-refractivity contribution in [2.24, 2.45) is 0 Å². The Balaban J connectivity index is 1.86. The molecule has 2 aromatic carbocycles. The first kappa shape index (κ1) is 14.8. The normalized spacial score (nSPS) is 10.3. The highest BCUT2D eigenvalue weighted by Crippen LogP contribution is 2.11. The Hall–Kier alpha value is -2.59. The van der Waals surface area contributed by atoms with Crippen LogP contribution in [0.25, 0.3) is 6.08 Å². The van der Waals surface area contributed by atoms with Gasteiger partial charge in [-0.15, -0.1) is 0 Å². The fourth-order valence-electron chi connectivity index (χ4n) is 1.55. The number of hydrogen-bond donors (Lipinski definition) is 1. The van der Waals surface area contributed by atoms with Crippen molar-refractivity contribution in [1.29, 1.82) is 0 Å². The largest absolute Gasteiger partial charge is 0.362 e. The first-order valence-electron chi connectivity index (χ1n) is 6.15. The van der Waals surface area contributed by atoms with Crippen molar-refractivity contribution < 1.29 is 14.4 Å². The molecule has 0 fully saturated rings. The van der Waals surface area contributed by atoms with Crippen LogP contribution in [0.15, 0.2) is 60.7 Å². The zero-order chi connectivity index (χ0) is 15.1. The lowest BCUT2D eigenvalue weighted by molar-refractivity contribution is -0.124. The maximum absolute atomic E-state index is 11.6. The van der Waals surface area contributed by atoms with Gasteiger partial charge in [0.1, 0.15) is 0 Å². The van der Waals surface area contributed by atoms with Crippen LogP contribution >= 0.6 is 11.6 Å². The van der Waals surface area contributed by atoms with Gasteiger partial charge in [0.25, 0.3) is 5.91 Å². The van der Waals surface area contributed by atoms with Gasteiger partial charge >= 0.3 is 5.97 Å². The van der Waals surface area contributed by atoms with Gasteiger partial charge in [0.05, 0.1) is 5.56 Å². The van der Waals surface area contributed by atoms with Gasteiger partial charge in [-0.3, -0.25) is 4.79 Å². The van der Waals surface area contributed by atoms with Crippen LogP contribution in [0.5, 0.6) is 0 Å². The van der Waals surface area contributed by atoms with Crippen LogP contribution in [0.1, 0.15) is 15.9 Å². The second-order valence-electron chi connectivity index (χ2n) is 4.11. The molecule has 1 amide bonds. The van der Waals surface area contributed by atoms with E-state index in [9.17, 15) is 9.59 Å². The lowest BCUT2D eigenvalue weighted by Gasteiger charge is -2.03. The van der Waals surface area contributed by atoms with Gasteiger partial charge in [0.2, 0.25) is 0 Å². The third kappa shape index (κ3) is 4.78. The average molecular weight is 302 g/mol. The van der Waals surface area contributed by atoms with Gasteiger partial charge in [-0.25, -0.2) is 4.79 Å². The summed E-state index contributed by atoms with van der Waals surface area (Å²) in [5, 5.41) is 0.577. The molecule has 5 heteroatoms. The van der Waals surface area contributed by atoms with Gasteiger partial charge in [0, 0.05) is 11.1 Å². The van der Waals surface area contributed by atoms with E-state index in [1.165, 1.54) is 6.08 Å². The molecule has 0 aromatic heterocycles. The Morgan fingerprint density at radius 3 is 2.52 bits per heavy atom. The van der Waals surface area contributed by atoms with E-state index in [1.54, 1.807) is 60.7 Å². The third-order valence-corrected chi connectivity index (χ3v) is 2.76. The van der Waals surface area contributed by atoms with E-state index in [0.717, 1.165) is 5.56 Å². The number of carbonyl (C=O) groups is 2. The van der Waals surface area contributed by atoms with Gasteiger partial charge in [-0.2, -0.15) is 5.48 Å². The number of rotatable bonds is 3. The second kappa shape index (κ2) is 7.26. The van der Waals surface area contributed by atoms with Crippen LogP contribution in [0.4, 0.5) is 0 Å². The maximum Gasteiger partial charge on any atom is 0.362 e. The van der Waals surface area contributed by atoms with Crippen LogP contribution in [0.2, 0.25) is 5.02 Å². The summed E-state index contributed by atoms with van der Waals surface area (Å²) in [6.45, 7) is 0. The number of nitrogens with one attached hydrogen (secondary N) is 1. The number of amides is 1. The average Bonchev–Trinajstić information content (AvgIpc) is 2.51. The molecule has 4 nitrogen and oxygen atoms in total. The predicted octanol–water partition coefficient (Wildman–Crippen LogP) is 3.24. The van der Waals surface area contributed by atoms with Gasteiger partial charge in [-0.1, -0.05) is 41.9 Å². The first-order chi connectivity index (χ1) is 10.1.